The smallest absolute Gasteiger partial charge is 0.316 e. The molecule has 4 heteroatoms. The third-order valence-electron chi connectivity index (χ3n) is 3.73. The lowest BCUT2D eigenvalue weighted by molar-refractivity contribution is -0.143. The second-order valence-corrected chi connectivity index (χ2v) is 6.52. The molecule has 0 atom stereocenters. The van der Waals surface area contributed by atoms with Gasteiger partial charge in [-0.1, -0.05) is 36.4 Å². The maximum Gasteiger partial charge on any atom is 0.316 e. The van der Waals surface area contributed by atoms with Crippen LogP contribution in [0.4, 0.5) is 0 Å². The molecule has 4 nitrogen and oxygen atoms in total. The van der Waals surface area contributed by atoms with E-state index in [1.54, 1.807) is 63.2 Å². The van der Waals surface area contributed by atoms with Crippen LogP contribution in [-0.2, 0) is 4.79 Å². The zero-order valence-corrected chi connectivity index (χ0v) is 13.2. The van der Waals surface area contributed by atoms with Gasteiger partial charge in [0.1, 0.15) is 5.75 Å². The van der Waals surface area contributed by atoms with Crippen LogP contribution in [0.2, 0.25) is 0 Å². The van der Waals surface area contributed by atoms with Gasteiger partial charge in [-0.3, -0.25) is 14.4 Å². The van der Waals surface area contributed by atoms with Gasteiger partial charge in [0.25, 0.3) is 0 Å². The number of ketones is 2. The molecule has 0 aliphatic heterocycles. The average Bonchev–Trinajstić information content (AvgIpc) is 2.51. The van der Waals surface area contributed by atoms with Gasteiger partial charge in [0.2, 0.25) is 0 Å². The number of hydrogen-bond donors (Lipinski definition) is 0. The molecule has 0 aromatic heterocycles. The van der Waals surface area contributed by atoms with E-state index in [1.807, 2.05) is 0 Å². The van der Waals surface area contributed by atoms with Crippen LogP contribution in [0.3, 0.4) is 0 Å². The molecule has 0 heterocycles. The number of rotatable bonds is 1. The summed E-state index contributed by atoms with van der Waals surface area (Å²) in [6, 6.07) is 11.4. The minimum absolute atomic E-state index is 0.135. The molecule has 0 bridgehead atoms. The molecule has 23 heavy (non-hydrogen) atoms. The summed E-state index contributed by atoms with van der Waals surface area (Å²) in [7, 11) is 0. The number of carbonyl (C=O) groups is 3. The zero-order chi connectivity index (χ0) is 16.8. The first-order valence-corrected chi connectivity index (χ1v) is 7.34. The van der Waals surface area contributed by atoms with Crippen LogP contribution in [0.25, 0.3) is 0 Å². The van der Waals surface area contributed by atoms with Gasteiger partial charge in [-0.25, -0.2) is 0 Å². The van der Waals surface area contributed by atoms with Crippen LogP contribution in [0.15, 0.2) is 42.5 Å². The zero-order valence-electron chi connectivity index (χ0n) is 13.2. The Labute approximate surface area is 134 Å². The molecule has 3 rings (SSSR count). The van der Waals surface area contributed by atoms with Crippen molar-refractivity contribution in [3.8, 4) is 5.75 Å². The first-order chi connectivity index (χ1) is 10.8. The summed E-state index contributed by atoms with van der Waals surface area (Å²) in [5.41, 5.74) is 0.442. The van der Waals surface area contributed by atoms with E-state index in [9.17, 15) is 14.4 Å². The minimum atomic E-state index is -0.706. The lowest BCUT2D eigenvalue weighted by Gasteiger charge is -2.22. The van der Waals surface area contributed by atoms with Crippen LogP contribution in [0.5, 0.6) is 5.75 Å². The number of esters is 1. The van der Waals surface area contributed by atoms with Crippen molar-refractivity contribution in [3.05, 3.63) is 64.7 Å². The van der Waals surface area contributed by atoms with Gasteiger partial charge >= 0.3 is 5.97 Å². The topological polar surface area (TPSA) is 60.4 Å². The Bertz CT molecular complexity index is 841. The number of ether oxygens (including phenoxy) is 1. The molecule has 0 N–H and O–H groups in total. The Morgan fingerprint density at radius 3 is 2.00 bits per heavy atom. The molecule has 0 unspecified atom stereocenters. The van der Waals surface area contributed by atoms with Crippen molar-refractivity contribution in [2.45, 2.75) is 20.8 Å². The Kier molecular flexibility index (Phi) is 3.40. The molecule has 0 radical (unpaired) electrons. The van der Waals surface area contributed by atoms with E-state index in [0.717, 1.165) is 0 Å². The van der Waals surface area contributed by atoms with Crippen molar-refractivity contribution in [2.75, 3.05) is 0 Å². The standard InChI is InChI=1S/C19H16O4/c1-19(2,3)18(22)23-14-10-6-9-13-15(14)17(21)12-8-5-4-7-11(12)16(13)20/h4-10H,1-3H3. The lowest BCUT2D eigenvalue weighted by Crippen LogP contribution is -2.28. The monoisotopic (exact) mass is 308 g/mol. The quantitative estimate of drug-likeness (QED) is 0.510. The van der Waals surface area contributed by atoms with Gasteiger partial charge in [0.15, 0.2) is 11.6 Å². The van der Waals surface area contributed by atoms with Crippen LogP contribution in [0.1, 0.15) is 52.6 Å². The molecule has 2 aromatic rings. The highest BCUT2D eigenvalue weighted by atomic mass is 16.5. The summed E-state index contributed by atoms with van der Waals surface area (Å²) in [6.45, 7) is 5.19. The SMILES string of the molecule is CC(C)(C)C(=O)Oc1cccc2c1C(=O)c1ccccc1C2=O. The molecule has 116 valence electrons. The summed E-state index contributed by atoms with van der Waals surface area (Å²) < 4.78 is 5.40. The van der Waals surface area contributed by atoms with Crippen molar-refractivity contribution in [3.63, 3.8) is 0 Å². The summed E-state index contributed by atoms with van der Waals surface area (Å²) >= 11 is 0. The summed E-state index contributed by atoms with van der Waals surface area (Å²) in [4.78, 5) is 37.5. The van der Waals surface area contributed by atoms with E-state index in [4.69, 9.17) is 4.74 Å². The average molecular weight is 308 g/mol. The first kappa shape index (κ1) is 15.2. The first-order valence-electron chi connectivity index (χ1n) is 7.34. The second kappa shape index (κ2) is 5.16. The Hall–Kier alpha value is -2.75. The Morgan fingerprint density at radius 1 is 0.826 bits per heavy atom. The third kappa shape index (κ3) is 2.46. The van der Waals surface area contributed by atoms with Crippen LogP contribution < -0.4 is 4.74 Å². The normalized spacial score (nSPS) is 13.3. The summed E-state index contributed by atoms with van der Waals surface area (Å²) in [5, 5.41) is 0. The Morgan fingerprint density at radius 2 is 1.39 bits per heavy atom. The van der Waals surface area contributed by atoms with E-state index in [-0.39, 0.29) is 28.4 Å². The van der Waals surface area contributed by atoms with Crippen molar-refractivity contribution >= 4 is 17.5 Å². The van der Waals surface area contributed by atoms with Crippen molar-refractivity contribution in [1.29, 1.82) is 0 Å². The van der Waals surface area contributed by atoms with Crippen molar-refractivity contribution in [1.82, 2.24) is 0 Å². The lowest BCUT2D eigenvalue weighted by atomic mass is 9.83. The van der Waals surface area contributed by atoms with Crippen LogP contribution in [-0.4, -0.2) is 17.5 Å². The largest absolute Gasteiger partial charge is 0.425 e. The molecule has 1 aliphatic carbocycles. The highest BCUT2D eigenvalue weighted by Crippen LogP contribution is 2.34. The number of hydrogen-bond acceptors (Lipinski definition) is 4. The van der Waals surface area contributed by atoms with Crippen LogP contribution in [0, 0.1) is 5.41 Å². The van der Waals surface area contributed by atoms with E-state index in [2.05, 4.69) is 0 Å². The third-order valence-corrected chi connectivity index (χ3v) is 3.73. The molecule has 1 aliphatic rings. The van der Waals surface area contributed by atoms with E-state index in [0.29, 0.717) is 11.1 Å². The van der Waals surface area contributed by atoms with Gasteiger partial charge < -0.3 is 4.74 Å². The minimum Gasteiger partial charge on any atom is -0.425 e. The molecule has 2 aromatic carbocycles. The van der Waals surface area contributed by atoms with Gasteiger partial charge in [-0.2, -0.15) is 0 Å². The van der Waals surface area contributed by atoms with Crippen molar-refractivity contribution in [2.24, 2.45) is 5.41 Å². The molecule has 0 saturated heterocycles. The van der Waals surface area contributed by atoms with Crippen LogP contribution >= 0.6 is 0 Å². The van der Waals surface area contributed by atoms with Gasteiger partial charge in [0, 0.05) is 16.7 Å². The number of benzene rings is 2. The molecule has 0 spiro atoms. The van der Waals surface area contributed by atoms with E-state index in [1.165, 1.54) is 0 Å². The molecule has 0 amide bonds. The van der Waals surface area contributed by atoms with Gasteiger partial charge in [0.05, 0.1) is 11.0 Å². The number of fused-ring (bicyclic) bond motifs is 2. The molecular formula is C19H16O4. The fraction of sp³-hybridized carbons (Fsp3) is 0.211. The van der Waals surface area contributed by atoms with E-state index < -0.39 is 11.4 Å². The highest BCUT2D eigenvalue weighted by molar-refractivity contribution is 6.29. The number of carbonyl (C=O) groups excluding carboxylic acids is 3. The van der Waals surface area contributed by atoms with Gasteiger partial charge in [-0.15, -0.1) is 0 Å². The predicted molar refractivity (Wildman–Crippen MR) is 84.8 cm³/mol. The molecule has 0 fully saturated rings. The summed E-state index contributed by atoms with van der Waals surface area (Å²) in [6.07, 6.45) is 0. The summed E-state index contributed by atoms with van der Waals surface area (Å²) in [5.74, 6) is -0.850. The maximum atomic E-state index is 12.8. The molecular weight excluding hydrogens is 292 g/mol. The van der Waals surface area contributed by atoms with Crippen molar-refractivity contribution < 1.29 is 19.1 Å². The van der Waals surface area contributed by atoms with Gasteiger partial charge in [-0.05, 0) is 26.8 Å². The van der Waals surface area contributed by atoms with E-state index >= 15 is 0 Å². The Balaban J connectivity index is 2.13. The maximum absolute atomic E-state index is 12.8. The fourth-order valence-electron chi connectivity index (χ4n) is 2.45. The highest BCUT2D eigenvalue weighted by Gasteiger charge is 2.33. The molecule has 0 saturated carbocycles. The second-order valence-electron chi connectivity index (χ2n) is 6.52. The predicted octanol–water partition coefficient (Wildman–Crippen LogP) is 3.41. The fourth-order valence-corrected chi connectivity index (χ4v) is 2.45.